The van der Waals surface area contributed by atoms with Gasteiger partial charge in [-0.25, -0.2) is 0 Å². The van der Waals surface area contributed by atoms with Crippen LogP contribution in [0.1, 0.15) is 59.3 Å². The molecule has 0 aromatic rings. The zero-order valence-electron chi connectivity index (χ0n) is 24.6. The molecule has 1 aliphatic rings. The lowest BCUT2D eigenvalue weighted by molar-refractivity contribution is -0.139. The van der Waals surface area contributed by atoms with Crippen LogP contribution in [0.3, 0.4) is 0 Å². The van der Waals surface area contributed by atoms with Gasteiger partial charge in [-0.15, -0.1) is 0 Å². The van der Waals surface area contributed by atoms with Crippen LogP contribution >= 0.6 is 0 Å². The van der Waals surface area contributed by atoms with Crippen LogP contribution < -0.4 is 49.1 Å². The monoisotopic (exact) mass is 612 g/mol. The minimum absolute atomic E-state index is 0.0736. The highest BCUT2D eigenvalue weighted by Crippen LogP contribution is 2.07. The Morgan fingerprint density at radius 3 is 1.84 bits per heavy atom. The van der Waals surface area contributed by atoms with E-state index in [0.717, 1.165) is 0 Å². The molecule has 0 saturated carbocycles. The predicted molar refractivity (Wildman–Crippen MR) is 154 cm³/mol. The largest absolute Gasteiger partial charge is 0.481 e. The number of aliphatic carboxylic acids is 1. The lowest BCUT2D eigenvalue weighted by Crippen LogP contribution is -2.62. The number of rotatable bonds is 12. The molecule has 0 spiro atoms. The molecule has 0 aliphatic carbocycles. The average molecular weight is 613 g/mol. The molecule has 0 radical (unpaired) electrons. The molecule has 43 heavy (non-hydrogen) atoms. The molecule has 1 fully saturated rings. The van der Waals surface area contributed by atoms with Gasteiger partial charge in [0.05, 0.1) is 6.42 Å². The van der Waals surface area contributed by atoms with Gasteiger partial charge in [-0.05, 0) is 46.0 Å². The van der Waals surface area contributed by atoms with Crippen molar-refractivity contribution in [1.29, 1.82) is 0 Å². The first kappa shape index (κ1) is 36.5. The van der Waals surface area contributed by atoms with E-state index in [-0.39, 0.29) is 37.7 Å². The summed E-state index contributed by atoms with van der Waals surface area (Å²) in [4.78, 5) is 91.8. The molecule has 1 heterocycles. The van der Waals surface area contributed by atoms with Gasteiger partial charge >= 0.3 is 5.97 Å². The molecule has 0 aromatic carbocycles. The number of unbranched alkanes of at least 4 members (excludes halogenated alkanes) is 1. The van der Waals surface area contributed by atoms with Crippen molar-refractivity contribution in [1.82, 2.24) is 31.9 Å². The van der Waals surface area contributed by atoms with E-state index in [1.54, 1.807) is 0 Å². The molecule has 1 rings (SSSR count). The van der Waals surface area contributed by atoms with Crippen molar-refractivity contribution in [3.05, 3.63) is 0 Å². The summed E-state index contributed by atoms with van der Waals surface area (Å²) in [5.74, 6) is -5.71. The SMILES string of the molecule is CC(=O)NCCCC[C@@H]1NC(=O)[C@H](C(N)CC(=O)O)NC(=O)[C@H](C)NC(=O)[C@H](CCCN=C(N)N)NC(=O)[C@H](C)NC1=O. The molecule has 1 saturated heterocycles. The van der Waals surface area contributed by atoms with Crippen molar-refractivity contribution >= 4 is 47.4 Å². The number of hydrogen-bond acceptors (Lipinski definition) is 9. The molecule has 1 aliphatic heterocycles. The standard InChI is InChI=1S/C25H44N10O8/c1-12-20(39)33-17(8-6-10-30-25(27)28)23(42)32-13(2)21(40)35-19(15(26)11-18(37)38)24(43)34-16(22(41)31-12)7-4-5-9-29-14(3)36/h12-13,15-17,19H,4-11,26H2,1-3H3,(H,29,36)(H,31,41)(H,32,42)(H,33,39)(H,34,43)(H,35,40)(H,37,38)(H4,27,28,30)/t12-,13-,15?,16-,17-,19-/m0/s1. The Labute approximate surface area is 249 Å². The molecule has 0 aromatic heterocycles. The Morgan fingerprint density at radius 1 is 0.814 bits per heavy atom. The molecular formula is C25H44N10O8. The van der Waals surface area contributed by atoms with E-state index in [1.165, 1.54) is 20.8 Å². The summed E-state index contributed by atoms with van der Waals surface area (Å²) in [5.41, 5.74) is 16.6. The molecule has 1 unspecified atom stereocenters. The molecule has 242 valence electrons. The first-order chi connectivity index (χ1) is 20.1. The number of amides is 6. The summed E-state index contributed by atoms with van der Waals surface area (Å²) in [6, 6.07) is -7.72. The lowest BCUT2D eigenvalue weighted by atomic mass is 10.0. The van der Waals surface area contributed by atoms with Gasteiger partial charge in [-0.1, -0.05) is 0 Å². The Morgan fingerprint density at radius 2 is 1.33 bits per heavy atom. The summed E-state index contributed by atoms with van der Waals surface area (Å²) >= 11 is 0. The van der Waals surface area contributed by atoms with Crippen LogP contribution in [-0.4, -0.2) is 102 Å². The maximum atomic E-state index is 13.3. The number of hydrogen-bond donors (Lipinski definition) is 10. The number of carboxylic acid groups (broad SMARTS) is 1. The maximum Gasteiger partial charge on any atom is 0.305 e. The quantitative estimate of drug-likeness (QED) is 0.0570. The molecule has 13 N–H and O–H groups in total. The minimum Gasteiger partial charge on any atom is -0.481 e. The molecule has 18 heteroatoms. The predicted octanol–water partition coefficient (Wildman–Crippen LogP) is -4.37. The first-order valence-corrected chi connectivity index (χ1v) is 13.9. The number of carbonyl (C=O) groups is 7. The summed E-state index contributed by atoms with van der Waals surface area (Å²) in [6.45, 7) is 4.54. The Balaban J connectivity index is 3.34. The van der Waals surface area contributed by atoms with Gasteiger partial charge in [0.15, 0.2) is 5.96 Å². The third-order valence-corrected chi connectivity index (χ3v) is 6.43. The topological polar surface area (TPSA) is 302 Å². The van der Waals surface area contributed by atoms with Crippen LogP contribution in [0.15, 0.2) is 4.99 Å². The second kappa shape index (κ2) is 18.1. The number of carboxylic acids is 1. The third-order valence-electron chi connectivity index (χ3n) is 6.43. The zero-order chi connectivity index (χ0) is 32.7. The highest BCUT2D eigenvalue weighted by atomic mass is 16.4. The normalized spacial score (nSPS) is 24.5. The van der Waals surface area contributed by atoms with Crippen LogP contribution in [0.5, 0.6) is 0 Å². The summed E-state index contributed by atoms with van der Waals surface area (Å²) in [7, 11) is 0. The van der Waals surface area contributed by atoms with Gasteiger partial charge in [0.1, 0.15) is 30.2 Å². The smallest absolute Gasteiger partial charge is 0.305 e. The summed E-state index contributed by atoms with van der Waals surface area (Å²) < 4.78 is 0. The second-order valence-electron chi connectivity index (χ2n) is 10.3. The van der Waals surface area contributed by atoms with Crippen LogP contribution in [0.25, 0.3) is 0 Å². The molecule has 18 nitrogen and oxygen atoms in total. The van der Waals surface area contributed by atoms with Gasteiger partial charge < -0.3 is 54.2 Å². The van der Waals surface area contributed by atoms with Gasteiger partial charge in [-0.2, -0.15) is 0 Å². The number of carbonyl (C=O) groups excluding carboxylic acids is 6. The van der Waals surface area contributed by atoms with Crippen LogP contribution in [0.2, 0.25) is 0 Å². The van der Waals surface area contributed by atoms with E-state index in [0.29, 0.717) is 19.4 Å². The summed E-state index contributed by atoms with van der Waals surface area (Å²) in [6.07, 6.45) is 0.560. The fraction of sp³-hybridized carbons (Fsp3) is 0.680. The van der Waals surface area contributed by atoms with E-state index in [1.807, 2.05) is 0 Å². The lowest BCUT2D eigenvalue weighted by Gasteiger charge is -2.27. The van der Waals surface area contributed by atoms with E-state index < -0.39 is 78.2 Å². The number of nitrogens with zero attached hydrogens (tertiary/aromatic N) is 1. The number of guanidine groups is 1. The van der Waals surface area contributed by atoms with Crippen molar-refractivity contribution in [3.8, 4) is 0 Å². The first-order valence-electron chi connectivity index (χ1n) is 13.9. The van der Waals surface area contributed by atoms with Crippen molar-refractivity contribution in [2.75, 3.05) is 13.1 Å². The molecule has 6 amide bonds. The highest BCUT2D eigenvalue weighted by molar-refractivity contribution is 5.98. The minimum atomic E-state index is -1.59. The van der Waals surface area contributed by atoms with Gasteiger partial charge in [-0.3, -0.25) is 38.6 Å². The van der Waals surface area contributed by atoms with Crippen molar-refractivity contribution < 1.29 is 38.7 Å². The maximum absolute atomic E-state index is 13.3. The van der Waals surface area contributed by atoms with E-state index in [4.69, 9.17) is 17.2 Å². The van der Waals surface area contributed by atoms with Crippen LogP contribution in [-0.2, 0) is 33.6 Å². The highest BCUT2D eigenvalue weighted by Gasteiger charge is 2.35. The number of nitrogens with one attached hydrogen (secondary N) is 6. The fourth-order valence-corrected chi connectivity index (χ4v) is 4.06. The van der Waals surface area contributed by atoms with Crippen LogP contribution in [0.4, 0.5) is 0 Å². The third kappa shape index (κ3) is 13.8. The Kier molecular flexibility index (Phi) is 15.4. The van der Waals surface area contributed by atoms with Gasteiger partial charge in [0.2, 0.25) is 35.4 Å². The van der Waals surface area contributed by atoms with Crippen LogP contribution in [0, 0.1) is 0 Å². The fourth-order valence-electron chi connectivity index (χ4n) is 4.06. The molecule has 6 atom stereocenters. The number of aliphatic imine (C=N–C) groups is 1. The van der Waals surface area contributed by atoms with Gasteiger partial charge in [0.25, 0.3) is 0 Å². The molecular weight excluding hydrogens is 568 g/mol. The van der Waals surface area contributed by atoms with Crippen molar-refractivity contribution in [3.63, 3.8) is 0 Å². The van der Waals surface area contributed by atoms with Gasteiger partial charge in [0, 0.05) is 26.1 Å². The van der Waals surface area contributed by atoms with Crippen molar-refractivity contribution in [2.24, 2.45) is 22.2 Å². The summed E-state index contributed by atoms with van der Waals surface area (Å²) in [5, 5.41) is 24.2. The Hall–Kier alpha value is -4.48. The Bertz CT molecular complexity index is 1060. The zero-order valence-corrected chi connectivity index (χ0v) is 24.6. The van der Waals surface area contributed by atoms with Crippen molar-refractivity contribution in [2.45, 2.75) is 95.5 Å². The number of nitrogens with two attached hydrogens (primary N) is 3. The van der Waals surface area contributed by atoms with E-state index in [2.05, 4.69) is 36.9 Å². The second-order valence-corrected chi connectivity index (χ2v) is 10.3. The average Bonchev–Trinajstić information content (AvgIpc) is 2.90. The molecule has 0 bridgehead atoms. The van der Waals surface area contributed by atoms with E-state index in [9.17, 15) is 38.7 Å². The van der Waals surface area contributed by atoms with E-state index >= 15 is 0 Å².